The Morgan fingerprint density at radius 3 is 1.28 bits per heavy atom. The van der Waals surface area contributed by atoms with Crippen LogP contribution >= 0.6 is 23.2 Å². The minimum Gasteiger partial charge on any atom is -0.0844 e. The van der Waals surface area contributed by atoms with E-state index in [9.17, 15) is 0 Å². The summed E-state index contributed by atoms with van der Waals surface area (Å²) in [4.78, 5) is 0. The van der Waals surface area contributed by atoms with Gasteiger partial charge < -0.3 is 0 Å². The zero-order chi connectivity index (χ0) is 19.8. The van der Waals surface area contributed by atoms with Crippen LogP contribution in [-0.4, -0.2) is 8.07 Å². The summed E-state index contributed by atoms with van der Waals surface area (Å²) in [6, 6.07) is 33.8. The smallest absolute Gasteiger partial charge is 0.0844 e. The summed E-state index contributed by atoms with van der Waals surface area (Å²) in [5.74, 6) is 0. The lowest BCUT2D eigenvalue weighted by Crippen LogP contribution is -2.76. The normalized spacial score (nSPS) is 14.0. The molecule has 1 aliphatic rings. The van der Waals surface area contributed by atoms with Crippen LogP contribution < -0.4 is 20.7 Å². The van der Waals surface area contributed by atoms with Crippen molar-refractivity contribution in [2.24, 2.45) is 0 Å². The van der Waals surface area contributed by atoms with Gasteiger partial charge in [-0.3, -0.25) is 0 Å². The van der Waals surface area contributed by atoms with E-state index in [4.69, 9.17) is 23.2 Å². The summed E-state index contributed by atoms with van der Waals surface area (Å²) < 4.78 is 0. The van der Waals surface area contributed by atoms with Crippen LogP contribution in [0.2, 0.25) is 10.0 Å². The van der Waals surface area contributed by atoms with Gasteiger partial charge in [-0.2, -0.15) is 0 Å². The second kappa shape index (κ2) is 7.35. The Labute approximate surface area is 182 Å². The highest BCUT2D eigenvalue weighted by molar-refractivity contribution is 7.21. The monoisotopic (exact) mass is 428 g/mol. The summed E-state index contributed by atoms with van der Waals surface area (Å²) in [6.07, 6.45) is 4.36. The minimum absolute atomic E-state index is 0.791. The fourth-order valence-corrected chi connectivity index (χ4v) is 11.0. The van der Waals surface area contributed by atoms with Gasteiger partial charge in [0, 0.05) is 10.0 Å². The van der Waals surface area contributed by atoms with Gasteiger partial charge in [0.15, 0.2) is 8.07 Å². The maximum Gasteiger partial charge on any atom is 0.184 e. The number of hydrogen-bond acceptors (Lipinski definition) is 0. The molecule has 0 saturated heterocycles. The Hall–Kier alpha value is -2.58. The van der Waals surface area contributed by atoms with Crippen LogP contribution in [0.5, 0.6) is 0 Å². The van der Waals surface area contributed by atoms with E-state index < -0.39 is 8.07 Å². The second-order valence-corrected chi connectivity index (χ2v) is 11.7. The van der Waals surface area contributed by atoms with Crippen molar-refractivity contribution in [3.05, 3.63) is 118 Å². The average Bonchev–Trinajstić information content (AvgIpc) is 2.92. The Balaban J connectivity index is 2.07. The Morgan fingerprint density at radius 1 is 0.448 bits per heavy atom. The molecule has 0 aromatic heterocycles. The molecule has 1 aliphatic heterocycles. The van der Waals surface area contributed by atoms with Gasteiger partial charge in [0.2, 0.25) is 0 Å². The molecule has 3 heteroatoms. The Morgan fingerprint density at radius 2 is 0.862 bits per heavy atom. The molecule has 0 fully saturated rings. The highest BCUT2D eigenvalue weighted by Crippen LogP contribution is 2.26. The third-order valence-electron chi connectivity index (χ3n) is 5.70. The predicted molar refractivity (Wildman–Crippen MR) is 129 cm³/mol. The molecule has 0 N–H and O–H groups in total. The molecule has 0 radical (unpaired) electrons. The lowest BCUT2D eigenvalue weighted by Gasteiger charge is -2.36. The number of benzene rings is 4. The lowest BCUT2D eigenvalue weighted by molar-refractivity contribution is 1.65. The third-order valence-corrected chi connectivity index (χ3v) is 11.7. The van der Waals surface area contributed by atoms with Crippen molar-refractivity contribution in [1.82, 2.24) is 0 Å². The van der Waals surface area contributed by atoms with Gasteiger partial charge in [-0.15, -0.1) is 0 Å². The third kappa shape index (κ3) is 2.81. The Kier molecular flexibility index (Phi) is 4.67. The number of halogens is 2. The summed E-state index contributed by atoms with van der Waals surface area (Å²) >= 11 is 14.0. The van der Waals surface area contributed by atoms with E-state index in [0.717, 1.165) is 21.2 Å². The predicted octanol–water partition coefficient (Wildman–Crippen LogP) is 4.85. The Bertz CT molecular complexity index is 1120. The molecular weight excluding hydrogens is 411 g/mol. The average molecular weight is 429 g/mol. The molecule has 4 aromatic carbocycles. The molecule has 4 aromatic rings. The van der Waals surface area contributed by atoms with E-state index in [2.05, 4.69) is 84.9 Å². The maximum absolute atomic E-state index is 6.98. The van der Waals surface area contributed by atoms with E-state index in [1.54, 1.807) is 0 Å². The molecule has 0 unspecified atom stereocenters. The first-order valence-corrected chi connectivity index (χ1v) is 12.4. The van der Waals surface area contributed by atoms with Gasteiger partial charge in [-0.1, -0.05) is 120 Å². The van der Waals surface area contributed by atoms with Crippen LogP contribution in [0.15, 0.2) is 97.1 Å². The van der Waals surface area contributed by atoms with E-state index >= 15 is 0 Å². The summed E-state index contributed by atoms with van der Waals surface area (Å²) in [5, 5.41) is 6.53. The van der Waals surface area contributed by atoms with Crippen LogP contribution in [0, 0.1) is 0 Å². The van der Waals surface area contributed by atoms with Crippen molar-refractivity contribution in [2.45, 2.75) is 0 Å². The van der Waals surface area contributed by atoms with Gasteiger partial charge in [-0.05, 0) is 44.0 Å². The van der Waals surface area contributed by atoms with E-state index in [1.807, 2.05) is 24.3 Å². The molecule has 0 spiro atoms. The molecule has 29 heavy (non-hydrogen) atoms. The SMILES string of the molecule is Clc1cccc2c1[Si](c1ccccc1)(c1ccccc1)c1c(Cl)cccc1C=C2. The molecule has 0 aliphatic carbocycles. The van der Waals surface area contributed by atoms with Crippen LogP contribution in [0.3, 0.4) is 0 Å². The summed E-state index contributed by atoms with van der Waals surface area (Å²) in [5.41, 5.74) is 2.31. The first kappa shape index (κ1) is 18.4. The van der Waals surface area contributed by atoms with Crippen LogP contribution in [0.4, 0.5) is 0 Å². The molecule has 140 valence electrons. The van der Waals surface area contributed by atoms with Crippen molar-refractivity contribution in [3.8, 4) is 0 Å². The molecule has 0 atom stereocenters. The minimum atomic E-state index is -2.74. The first-order chi connectivity index (χ1) is 14.2. The van der Waals surface area contributed by atoms with Crippen LogP contribution in [-0.2, 0) is 0 Å². The largest absolute Gasteiger partial charge is 0.184 e. The van der Waals surface area contributed by atoms with Crippen LogP contribution in [0.25, 0.3) is 12.2 Å². The van der Waals surface area contributed by atoms with E-state index in [1.165, 1.54) is 20.7 Å². The van der Waals surface area contributed by atoms with Crippen LogP contribution in [0.1, 0.15) is 11.1 Å². The van der Waals surface area contributed by atoms with Crippen molar-refractivity contribution < 1.29 is 0 Å². The summed E-state index contributed by atoms with van der Waals surface area (Å²) in [6.45, 7) is 0. The lowest BCUT2D eigenvalue weighted by atomic mass is 10.1. The molecule has 0 saturated carbocycles. The quantitative estimate of drug-likeness (QED) is 0.352. The number of fused-ring (bicyclic) bond motifs is 2. The molecule has 0 nitrogen and oxygen atoms in total. The molecule has 0 amide bonds. The highest BCUT2D eigenvalue weighted by Gasteiger charge is 2.47. The summed E-state index contributed by atoms with van der Waals surface area (Å²) in [7, 11) is -2.74. The highest BCUT2D eigenvalue weighted by atomic mass is 35.5. The van der Waals surface area contributed by atoms with Gasteiger partial charge in [0.1, 0.15) is 0 Å². The van der Waals surface area contributed by atoms with Crippen molar-refractivity contribution >= 4 is 64.2 Å². The van der Waals surface area contributed by atoms with E-state index in [0.29, 0.717) is 0 Å². The van der Waals surface area contributed by atoms with Crippen molar-refractivity contribution in [2.75, 3.05) is 0 Å². The molecular formula is C26H18Cl2Si. The fraction of sp³-hybridized carbons (Fsp3) is 0. The number of hydrogen-bond donors (Lipinski definition) is 0. The van der Waals surface area contributed by atoms with Gasteiger partial charge >= 0.3 is 0 Å². The van der Waals surface area contributed by atoms with Gasteiger partial charge in [0.05, 0.1) is 0 Å². The maximum atomic E-state index is 6.98. The van der Waals surface area contributed by atoms with Gasteiger partial charge in [-0.25, -0.2) is 0 Å². The topological polar surface area (TPSA) is 0 Å². The molecule has 1 heterocycles. The molecule has 0 bridgehead atoms. The molecule has 5 rings (SSSR count). The van der Waals surface area contributed by atoms with Crippen molar-refractivity contribution in [1.29, 1.82) is 0 Å². The van der Waals surface area contributed by atoms with Gasteiger partial charge in [0.25, 0.3) is 0 Å². The first-order valence-electron chi connectivity index (χ1n) is 9.60. The zero-order valence-corrected chi connectivity index (χ0v) is 18.2. The zero-order valence-electron chi connectivity index (χ0n) is 15.6. The van der Waals surface area contributed by atoms with E-state index in [-0.39, 0.29) is 0 Å². The standard InChI is InChI=1S/C26H18Cl2Si/c27-23-15-7-9-19-17-18-20-10-8-16-24(28)26(20)29(25(19)23,21-11-3-1-4-12-21)22-13-5-2-6-14-22/h1-18H. The van der Waals surface area contributed by atoms with Crippen molar-refractivity contribution in [3.63, 3.8) is 0 Å². The fourth-order valence-electron chi connectivity index (χ4n) is 4.58. The second-order valence-electron chi connectivity index (χ2n) is 7.22. The number of rotatable bonds is 2.